The molecule has 0 aliphatic carbocycles. The summed E-state index contributed by atoms with van der Waals surface area (Å²) in [6.45, 7) is 8.99. The first-order valence-electron chi connectivity index (χ1n) is 6.54. The second-order valence-electron chi connectivity index (χ2n) is 5.43. The van der Waals surface area contributed by atoms with E-state index in [2.05, 4.69) is 36.2 Å². The van der Waals surface area contributed by atoms with Crippen LogP contribution in [0.2, 0.25) is 0 Å². The van der Waals surface area contributed by atoms with Gasteiger partial charge in [-0.2, -0.15) is 0 Å². The van der Waals surface area contributed by atoms with Crippen molar-refractivity contribution in [1.82, 2.24) is 15.3 Å². The Morgan fingerprint density at radius 1 is 1.35 bits per heavy atom. The molecule has 1 N–H and O–H groups in total. The Morgan fingerprint density at radius 2 is 2.06 bits per heavy atom. The van der Waals surface area contributed by atoms with Crippen LogP contribution in [0.3, 0.4) is 0 Å². The summed E-state index contributed by atoms with van der Waals surface area (Å²) < 4.78 is 0. The Bertz CT molecular complexity index is 272. The summed E-state index contributed by atoms with van der Waals surface area (Å²) in [6, 6.07) is 0.523. The van der Waals surface area contributed by atoms with E-state index in [0.717, 1.165) is 43.0 Å². The Kier molecular flexibility index (Phi) is 4.70. The Morgan fingerprint density at radius 3 is 2.71 bits per heavy atom. The number of nitrogens with zero attached hydrogens (tertiary/aromatic N) is 3. The average Bonchev–Trinajstić information content (AvgIpc) is 2.68. The average molecular weight is 256 g/mol. The smallest absolute Gasteiger partial charge is 0.171 e. The van der Waals surface area contributed by atoms with E-state index in [1.54, 1.807) is 0 Å². The number of piperazine rings is 1. The van der Waals surface area contributed by atoms with Crippen molar-refractivity contribution in [2.45, 2.75) is 26.3 Å². The molecule has 0 spiro atoms. The van der Waals surface area contributed by atoms with Gasteiger partial charge >= 0.3 is 0 Å². The van der Waals surface area contributed by atoms with Crippen LogP contribution in [0.25, 0.3) is 0 Å². The second kappa shape index (κ2) is 6.07. The lowest BCUT2D eigenvalue weighted by Crippen LogP contribution is -2.51. The zero-order chi connectivity index (χ0) is 12.3. The molecule has 1 fully saturated rings. The topological polar surface area (TPSA) is 30.9 Å². The van der Waals surface area contributed by atoms with Gasteiger partial charge in [-0.05, 0) is 19.4 Å². The maximum Gasteiger partial charge on any atom is 0.171 e. The van der Waals surface area contributed by atoms with Gasteiger partial charge in [0.1, 0.15) is 0 Å². The standard InChI is InChI=1S/C12H24N4S/c1-10(2)8-11-9-17-12(13-11)14-16-6-4-15(3)5-7-16/h10-11H,4-9H2,1-3H3,(H,13,14). The summed E-state index contributed by atoms with van der Waals surface area (Å²) in [7, 11) is 2.18. The van der Waals surface area contributed by atoms with Crippen molar-refractivity contribution in [3.63, 3.8) is 0 Å². The lowest BCUT2D eigenvalue weighted by Gasteiger charge is -2.32. The molecule has 5 heteroatoms. The fraction of sp³-hybridized carbons (Fsp3) is 0.917. The molecule has 1 atom stereocenters. The first-order valence-corrected chi connectivity index (χ1v) is 7.53. The van der Waals surface area contributed by atoms with Gasteiger partial charge in [-0.3, -0.25) is 10.4 Å². The summed E-state index contributed by atoms with van der Waals surface area (Å²) in [4.78, 5) is 7.12. The highest BCUT2D eigenvalue weighted by atomic mass is 32.2. The van der Waals surface area contributed by atoms with E-state index in [9.17, 15) is 0 Å². The molecule has 2 aliphatic rings. The highest BCUT2D eigenvalue weighted by Crippen LogP contribution is 2.22. The molecule has 4 nitrogen and oxygen atoms in total. The number of nitrogens with one attached hydrogen (secondary N) is 1. The van der Waals surface area contributed by atoms with Gasteiger partial charge in [-0.15, -0.1) is 0 Å². The van der Waals surface area contributed by atoms with Crippen molar-refractivity contribution in [3.8, 4) is 0 Å². The van der Waals surface area contributed by atoms with E-state index >= 15 is 0 Å². The van der Waals surface area contributed by atoms with Gasteiger partial charge in [0.15, 0.2) is 5.17 Å². The molecule has 2 aliphatic heterocycles. The Hall–Kier alpha value is -0.260. The zero-order valence-electron chi connectivity index (χ0n) is 11.1. The van der Waals surface area contributed by atoms with E-state index < -0.39 is 0 Å². The van der Waals surface area contributed by atoms with E-state index in [1.807, 2.05) is 11.8 Å². The van der Waals surface area contributed by atoms with Crippen molar-refractivity contribution in [1.29, 1.82) is 0 Å². The Labute approximate surface area is 109 Å². The summed E-state index contributed by atoms with van der Waals surface area (Å²) in [6.07, 6.45) is 1.21. The van der Waals surface area contributed by atoms with Gasteiger partial charge < -0.3 is 4.90 Å². The highest BCUT2D eigenvalue weighted by Gasteiger charge is 2.21. The predicted octanol–water partition coefficient (Wildman–Crippen LogP) is 1.26. The Balaban J connectivity index is 1.76. The molecular formula is C12H24N4S. The maximum absolute atomic E-state index is 4.75. The molecule has 0 radical (unpaired) electrons. The van der Waals surface area contributed by atoms with Gasteiger partial charge in [0.25, 0.3) is 0 Å². The van der Waals surface area contributed by atoms with Crippen LogP contribution in [0.4, 0.5) is 0 Å². The molecule has 1 unspecified atom stereocenters. The van der Waals surface area contributed by atoms with Crippen LogP contribution in [-0.2, 0) is 0 Å². The van der Waals surface area contributed by atoms with Crippen LogP contribution in [-0.4, -0.2) is 60.1 Å². The molecule has 2 heterocycles. The van der Waals surface area contributed by atoms with Crippen molar-refractivity contribution in [3.05, 3.63) is 0 Å². The molecular weight excluding hydrogens is 232 g/mol. The van der Waals surface area contributed by atoms with E-state index in [-0.39, 0.29) is 0 Å². The molecule has 0 aromatic rings. The molecule has 1 saturated heterocycles. The number of hydrogen-bond acceptors (Lipinski definition) is 5. The number of amidine groups is 1. The second-order valence-corrected chi connectivity index (χ2v) is 6.44. The van der Waals surface area contributed by atoms with Crippen molar-refractivity contribution < 1.29 is 0 Å². The molecule has 0 amide bonds. The number of hydrogen-bond donors (Lipinski definition) is 1. The van der Waals surface area contributed by atoms with Gasteiger partial charge in [-0.1, -0.05) is 25.6 Å². The molecule has 2 rings (SSSR count). The van der Waals surface area contributed by atoms with Crippen LogP contribution >= 0.6 is 11.8 Å². The van der Waals surface area contributed by atoms with Gasteiger partial charge in [-0.25, -0.2) is 5.01 Å². The number of hydrazine groups is 1. The van der Waals surface area contributed by atoms with Crippen molar-refractivity contribution in [2.75, 3.05) is 39.0 Å². The van der Waals surface area contributed by atoms with E-state index in [0.29, 0.717) is 6.04 Å². The number of likely N-dealkylation sites (N-methyl/N-ethyl adjacent to an activating group) is 1. The van der Waals surface area contributed by atoms with Crippen LogP contribution < -0.4 is 5.43 Å². The van der Waals surface area contributed by atoms with Crippen LogP contribution in [0, 0.1) is 5.92 Å². The molecule has 0 aromatic carbocycles. The molecule has 0 saturated carbocycles. The summed E-state index contributed by atoms with van der Waals surface area (Å²) in [5.41, 5.74) is 3.46. The van der Waals surface area contributed by atoms with Gasteiger partial charge in [0.05, 0.1) is 6.04 Å². The first-order chi connectivity index (χ1) is 8.13. The zero-order valence-corrected chi connectivity index (χ0v) is 12.0. The fourth-order valence-electron chi connectivity index (χ4n) is 2.20. The van der Waals surface area contributed by atoms with Crippen LogP contribution in [0.5, 0.6) is 0 Å². The lowest BCUT2D eigenvalue weighted by molar-refractivity contribution is 0.132. The third-order valence-corrected chi connectivity index (χ3v) is 4.23. The predicted molar refractivity (Wildman–Crippen MR) is 75.3 cm³/mol. The summed E-state index contributed by atoms with van der Waals surface area (Å²) >= 11 is 1.87. The fourth-order valence-corrected chi connectivity index (χ4v) is 3.17. The monoisotopic (exact) mass is 256 g/mol. The van der Waals surface area contributed by atoms with E-state index in [4.69, 9.17) is 4.99 Å². The maximum atomic E-state index is 4.75. The van der Waals surface area contributed by atoms with Crippen LogP contribution in [0.1, 0.15) is 20.3 Å². The molecule has 17 heavy (non-hydrogen) atoms. The molecule has 0 aromatic heterocycles. The third kappa shape index (κ3) is 4.16. The molecule has 0 bridgehead atoms. The first kappa shape index (κ1) is 13.2. The normalized spacial score (nSPS) is 27.5. The third-order valence-electron chi connectivity index (χ3n) is 3.21. The summed E-state index contributed by atoms with van der Waals surface area (Å²) in [5.74, 6) is 1.89. The minimum absolute atomic E-state index is 0.523. The minimum atomic E-state index is 0.523. The van der Waals surface area contributed by atoms with Crippen molar-refractivity contribution >= 4 is 16.9 Å². The highest BCUT2D eigenvalue weighted by molar-refractivity contribution is 8.14. The van der Waals surface area contributed by atoms with Gasteiger partial charge in [0, 0.05) is 31.9 Å². The number of rotatable bonds is 3. The number of thioether (sulfide) groups is 1. The summed E-state index contributed by atoms with van der Waals surface area (Å²) in [5, 5.41) is 3.42. The SMILES string of the molecule is CC(C)CC1CSC(NN2CCN(C)CC2)=N1. The van der Waals surface area contributed by atoms with Crippen LogP contribution in [0.15, 0.2) is 4.99 Å². The molecule has 98 valence electrons. The van der Waals surface area contributed by atoms with Crippen molar-refractivity contribution in [2.24, 2.45) is 10.9 Å². The van der Waals surface area contributed by atoms with E-state index in [1.165, 1.54) is 6.42 Å². The quantitative estimate of drug-likeness (QED) is 0.823. The largest absolute Gasteiger partial charge is 0.304 e. The minimum Gasteiger partial charge on any atom is -0.304 e. The van der Waals surface area contributed by atoms with Gasteiger partial charge in [0.2, 0.25) is 0 Å². The lowest BCUT2D eigenvalue weighted by atomic mass is 10.1. The number of aliphatic imine (C=N–C) groups is 1.